The standard InChI is InChI=1S/C21H17Cl2N3O3S/c22-17-9-11-19(12-10-17)26(30(28,29)20-7-2-1-3-8-20)15-21(27)25-24-14-16-5-4-6-18(23)13-16/h1-14H,15H2,(H,25,27)/b24-14-. The van der Waals surface area contributed by atoms with Crippen LogP contribution in [0.2, 0.25) is 10.0 Å². The maximum Gasteiger partial charge on any atom is 0.264 e. The van der Waals surface area contributed by atoms with Crippen molar-refractivity contribution in [2.45, 2.75) is 4.90 Å². The summed E-state index contributed by atoms with van der Waals surface area (Å²) in [6.45, 7) is -0.467. The van der Waals surface area contributed by atoms with E-state index in [4.69, 9.17) is 23.2 Å². The van der Waals surface area contributed by atoms with Gasteiger partial charge in [-0.25, -0.2) is 13.8 Å². The molecule has 0 spiro atoms. The Hall–Kier alpha value is -2.87. The molecule has 1 N–H and O–H groups in total. The van der Waals surface area contributed by atoms with Gasteiger partial charge in [-0.15, -0.1) is 0 Å². The van der Waals surface area contributed by atoms with Crippen molar-refractivity contribution in [1.82, 2.24) is 5.43 Å². The first-order valence-electron chi connectivity index (χ1n) is 8.77. The Bertz CT molecular complexity index is 1150. The summed E-state index contributed by atoms with van der Waals surface area (Å²) in [6, 6.07) is 21.0. The minimum absolute atomic E-state index is 0.0650. The molecular weight excluding hydrogens is 445 g/mol. The summed E-state index contributed by atoms with van der Waals surface area (Å²) in [7, 11) is -3.98. The Labute approximate surface area is 184 Å². The first-order chi connectivity index (χ1) is 14.4. The summed E-state index contributed by atoms with van der Waals surface area (Å²) in [5.74, 6) is -0.609. The molecule has 0 radical (unpaired) electrons. The molecule has 3 aromatic carbocycles. The smallest absolute Gasteiger partial charge is 0.264 e. The molecule has 0 fully saturated rings. The predicted molar refractivity (Wildman–Crippen MR) is 120 cm³/mol. The van der Waals surface area contributed by atoms with E-state index < -0.39 is 22.5 Å². The van der Waals surface area contributed by atoms with Crippen LogP contribution in [0.1, 0.15) is 5.56 Å². The molecule has 0 atom stereocenters. The average molecular weight is 462 g/mol. The van der Waals surface area contributed by atoms with E-state index in [1.807, 2.05) is 0 Å². The molecule has 0 aromatic heterocycles. The van der Waals surface area contributed by atoms with Crippen LogP contribution in [0.4, 0.5) is 5.69 Å². The fourth-order valence-corrected chi connectivity index (χ4v) is 4.34. The van der Waals surface area contributed by atoms with Crippen molar-refractivity contribution in [3.05, 3.63) is 94.5 Å². The molecule has 0 saturated heterocycles. The average Bonchev–Trinajstić information content (AvgIpc) is 2.73. The van der Waals surface area contributed by atoms with E-state index in [0.717, 1.165) is 4.31 Å². The number of nitrogens with zero attached hydrogens (tertiary/aromatic N) is 2. The number of hydrogen-bond donors (Lipinski definition) is 1. The highest BCUT2D eigenvalue weighted by molar-refractivity contribution is 7.92. The predicted octanol–water partition coefficient (Wildman–Crippen LogP) is 4.34. The van der Waals surface area contributed by atoms with Gasteiger partial charge < -0.3 is 0 Å². The summed E-state index contributed by atoms with van der Waals surface area (Å²) >= 11 is 11.8. The third-order valence-electron chi connectivity index (χ3n) is 3.98. The van der Waals surface area contributed by atoms with Gasteiger partial charge in [0.15, 0.2) is 0 Å². The lowest BCUT2D eigenvalue weighted by Crippen LogP contribution is -2.39. The van der Waals surface area contributed by atoms with Crippen LogP contribution in [-0.4, -0.2) is 27.1 Å². The highest BCUT2D eigenvalue weighted by Crippen LogP contribution is 2.25. The van der Waals surface area contributed by atoms with Crippen molar-refractivity contribution in [3.63, 3.8) is 0 Å². The topological polar surface area (TPSA) is 78.8 Å². The maximum atomic E-state index is 13.1. The van der Waals surface area contributed by atoms with Crippen molar-refractivity contribution in [1.29, 1.82) is 0 Å². The molecule has 9 heteroatoms. The number of hydrazone groups is 1. The van der Waals surface area contributed by atoms with Crippen molar-refractivity contribution in [2.75, 3.05) is 10.8 Å². The van der Waals surface area contributed by atoms with Gasteiger partial charge in [0.05, 0.1) is 16.8 Å². The van der Waals surface area contributed by atoms with E-state index >= 15 is 0 Å². The zero-order valence-corrected chi connectivity index (χ0v) is 17.9. The van der Waals surface area contributed by atoms with Gasteiger partial charge in [-0.1, -0.05) is 53.5 Å². The highest BCUT2D eigenvalue weighted by Gasteiger charge is 2.27. The Morgan fingerprint density at radius 3 is 2.30 bits per heavy atom. The summed E-state index contributed by atoms with van der Waals surface area (Å²) in [4.78, 5) is 12.5. The fourth-order valence-electron chi connectivity index (χ4n) is 2.57. The molecule has 0 bridgehead atoms. The van der Waals surface area contributed by atoms with Crippen molar-refractivity contribution < 1.29 is 13.2 Å². The Balaban J connectivity index is 1.82. The van der Waals surface area contributed by atoms with Crippen LogP contribution in [0.3, 0.4) is 0 Å². The molecule has 0 heterocycles. The number of carbonyl (C=O) groups excluding carboxylic acids is 1. The molecule has 0 aliphatic rings. The van der Waals surface area contributed by atoms with Gasteiger partial charge >= 0.3 is 0 Å². The number of hydrogen-bond acceptors (Lipinski definition) is 4. The van der Waals surface area contributed by atoms with Crippen LogP contribution in [0, 0.1) is 0 Å². The number of rotatable bonds is 7. The molecule has 30 heavy (non-hydrogen) atoms. The molecule has 0 unspecified atom stereocenters. The monoisotopic (exact) mass is 461 g/mol. The lowest BCUT2D eigenvalue weighted by Gasteiger charge is -2.23. The summed E-state index contributed by atoms with van der Waals surface area (Å²) < 4.78 is 27.3. The molecular formula is C21H17Cl2N3O3S. The van der Waals surface area contributed by atoms with E-state index in [1.54, 1.807) is 54.6 Å². The molecule has 154 valence electrons. The van der Waals surface area contributed by atoms with Crippen LogP contribution in [0.25, 0.3) is 0 Å². The van der Waals surface area contributed by atoms with Gasteiger partial charge in [0.2, 0.25) is 0 Å². The van der Waals surface area contributed by atoms with Gasteiger partial charge in [-0.2, -0.15) is 5.10 Å². The van der Waals surface area contributed by atoms with Gasteiger partial charge in [-0.05, 0) is 54.1 Å². The van der Waals surface area contributed by atoms with Crippen molar-refractivity contribution >= 4 is 51.0 Å². The summed E-state index contributed by atoms with van der Waals surface area (Å²) in [5, 5.41) is 4.86. The summed E-state index contributed by atoms with van der Waals surface area (Å²) in [6.07, 6.45) is 1.42. The second-order valence-electron chi connectivity index (χ2n) is 6.15. The zero-order valence-electron chi connectivity index (χ0n) is 15.6. The molecule has 1 amide bonds. The molecule has 0 saturated carbocycles. The Morgan fingerprint density at radius 1 is 0.933 bits per heavy atom. The van der Waals surface area contributed by atoms with Crippen LogP contribution in [-0.2, 0) is 14.8 Å². The minimum atomic E-state index is -3.98. The first kappa shape index (κ1) is 21.8. The number of amides is 1. The van der Waals surface area contributed by atoms with Crippen LogP contribution in [0.15, 0.2) is 88.9 Å². The SMILES string of the molecule is O=C(CN(c1ccc(Cl)cc1)S(=O)(=O)c1ccccc1)N/N=C\c1cccc(Cl)c1. The van der Waals surface area contributed by atoms with E-state index in [0.29, 0.717) is 21.3 Å². The normalized spacial score (nSPS) is 11.4. The number of halogens is 2. The number of benzene rings is 3. The maximum absolute atomic E-state index is 13.1. The quantitative estimate of drug-likeness (QED) is 0.419. The zero-order chi connectivity index (χ0) is 21.6. The van der Waals surface area contributed by atoms with Crippen LogP contribution in [0.5, 0.6) is 0 Å². The molecule has 0 aliphatic heterocycles. The number of sulfonamides is 1. The third-order valence-corrected chi connectivity index (χ3v) is 6.26. The number of carbonyl (C=O) groups is 1. The van der Waals surface area contributed by atoms with Gasteiger partial charge in [-0.3, -0.25) is 9.10 Å². The van der Waals surface area contributed by atoms with Crippen LogP contribution < -0.4 is 9.73 Å². The van der Waals surface area contributed by atoms with E-state index in [9.17, 15) is 13.2 Å². The Kier molecular flexibility index (Phi) is 7.10. The Morgan fingerprint density at radius 2 is 1.63 bits per heavy atom. The van der Waals surface area contributed by atoms with Gasteiger partial charge in [0.25, 0.3) is 15.9 Å². The molecule has 3 rings (SSSR count). The second kappa shape index (κ2) is 9.75. The lowest BCUT2D eigenvalue weighted by molar-refractivity contribution is -0.119. The number of nitrogens with one attached hydrogen (secondary N) is 1. The van der Waals surface area contributed by atoms with Crippen LogP contribution >= 0.6 is 23.2 Å². The minimum Gasteiger partial charge on any atom is -0.271 e. The fraction of sp³-hybridized carbons (Fsp3) is 0.0476. The number of anilines is 1. The lowest BCUT2D eigenvalue weighted by atomic mass is 10.2. The van der Waals surface area contributed by atoms with Crippen molar-refractivity contribution in [3.8, 4) is 0 Å². The van der Waals surface area contributed by atoms with Gasteiger partial charge in [0, 0.05) is 10.0 Å². The largest absolute Gasteiger partial charge is 0.271 e. The molecule has 0 aliphatic carbocycles. The van der Waals surface area contributed by atoms with E-state index in [2.05, 4.69) is 10.5 Å². The van der Waals surface area contributed by atoms with E-state index in [1.165, 1.54) is 30.5 Å². The molecule has 6 nitrogen and oxygen atoms in total. The van der Waals surface area contributed by atoms with Gasteiger partial charge in [0.1, 0.15) is 6.54 Å². The third kappa shape index (κ3) is 5.60. The van der Waals surface area contributed by atoms with E-state index in [-0.39, 0.29) is 4.90 Å². The first-order valence-corrected chi connectivity index (χ1v) is 11.0. The second-order valence-corrected chi connectivity index (χ2v) is 8.88. The van der Waals surface area contributed by atoms with Crippen molar-refractivity contribution in [2.24, 2.45) is 5.10 Å². The summed E-state index contributed by atoms with van der Waals surface area (Å²) in [5.41, 5.74) is 3.33. The highest BCUT2D eigenvalue weighted by atomic mass is 35.5. The molecule has 3 aromatic rings.